The lowest BCUT2D eigenvalue weighted by atomic mass is 10.1. The second-order valence-electron chi connectivity index (χ2n) is 4.01. The lowest BCUT2D eigenvalue weighted by Crippen LogP contribution is -2.15. The van der Waals surface area contributed by atoms with E-state index in [-0.39, 0.29) is 17.9 Å². The van der Waals surface area contributed by atoms with Gasteiger partial charge in [-0.15, -0.1) is 12.4 Å². The molecule has 0 spiro atoms. The molecule has 0 unspecified atom stereocenters. The second kappa shape index (κ2) is 4.90. The summed E-state index contributed by atoms with van der Waals surface area (Å²) in [6.45, 7) is 4.30. The fourth-order valence-corrected chi connectivity index (χ4v) is 2.35. The SMILES string of the molecule is CC1(C)CSC(Nc2ccccc2)=N1.Cl. The lowest BCUT2D eigenvalue weighted by Gasteiger charge is -2.09. The minimum atomic E-state index is 0. The largest absolute Gasteiger partial charge is 0.335 e. The first kappa shape index (κ1) is 12.4. The molecule has 1 aromatic carbocycles. The van der Waals surface area contributed by atoms with Crippen LogP contribution in [0, 0.1) is 0 Å². The number of rotatable bonds is 1. The molecule has 2 nitrogen and oxygen atoms in total. The van der Waals surface area contributed by atoms with Crippen molar-refractivity contribution in [1.29, 1.82) is 0 Å². The standard InChI is InChI=1S/C11H14N2S.ClH/c1-11(2)8-14-10(13-11)12-9-6-4-3-5-7-9;/h3-7H,8H2,1-2H3,(H,12,13);1H. The molecule has 0 fully saturated rings. The highest BCUT2D eigenvalue weighted by molar-refractivity contribution is 8.14. The Bertz CT molecular complexity index is 349. The van der Waals surface area contributed by atoms with Crippen LogP contribution in [0.2, 0.25) is 0 Å². The average Bonchev–Trinajstić information content (AvgIpc) is 2.47. The van der Waals surface area contributed by atoms with Crippen molar-refractivity contribution in [3.63, 3.8) is 0 Å². The Morgan fingerprint density at radius 1 is 1.27 bits per heavy atom. The van der Waals surface area contributed by atoms with Crippen LogP contribution in [0.1, 0.15) is 13.8 Å². The maximum Gasteiger partial charge on any atom is 0.161 e. The number of thioether (sulfide) groups is 1. The molecular formula is C11H15ClN2S. The van der Waals surface area contributed by atoms with Crippen molar-refractivity contribution in [2.24, 2.45) is 4.99 Å². The normalized spacial score (nSPS) is 17.9. The van der Waals surface area contributed by atoms with Crippen LogP contribution in [0.25, 0.3) is 0 Å². The molecule has 2 rings (SSSR count). The number of hydrogen-bond donors (Lipinski definition) is 1. The van der Waals surface area contributed by atoms with Gasteiger partial charge in [-0.05, 0) is 26.0 Å². The molecular weight excluding hydrogens is 228 g/mol. The van der Waals surface area contributed by atoms with Crippen molar-refractivity contribution < 1.29 is 0 Å². The molecule has 1 aliphatic rings. The Balaban J connectivity index is 0.00000112. The van der Waals surface area contributed by atoms with Gasteiger partial charge in [0.25, 0.3) is 0 Å². The Hall–Kier alpha value is -0.670. The Kier molecular flexibility index (Phi) is 4.05. The third-order valence-corrected chi connectivity index (χ3v) is 3.31. The Morgan fingerprint density at radius 3 is 2.47 bits per heavy atom. The molecule has 0 aromatic heterocycles. The maximum atomic E-state index is 4.58. The predicted octanol–water partition coefficient (Wildman–Crippen LogP) is 3.40. The van der Waals surface area contributed by atoms with E-state index in [0.29, 0.717) is 0 Å². The van der Waals surface area contributed by atoms with Crippen molar-refractivity contribution in [2.75, 3.05) is 11.1 Å². The quantitative estimate of drug-likeness (QED) is 0.816. The fourth-order valence-electron chi connectivity index (χ4n) is 1.29. The third-order valence-electron chi connectivity index (χ3n) is 1.99. The minimum absolute atomic E-state index is 0. The molecule has 4 heteroatoms. The Labute approximate surface area is 101 Å². The van der Waals surface area contributed by atoms with Crippen molar-refractivity contribution in [3.05, 3.63) is 30.3 Å². The van der Waals surface area contributed by atoms with E-state index >= 15 is 0 Å². The highest BCUT2D eigenvalue weighted by Crippen LogP contribution is 2.27. The molecule has 0 atom stereocenters. The maximum absolute atomic E-state index is 4.58. The second-order valence-corrected chi connectivity index (χ2v) is 4.97. The third kappa shape index (κ3) is 3.43. The van der Waals surface area contributed by atoms with Crippen molar-refractivity contribution in [1.82, 2.24) is 0 Å². The molecule has 0 radical (unpaired) electrons. The van der Waals surface area contributed by atoms with E-state index in [2.05, 4.69) is 36.3 Å². The van der Waals surface area contributed by atoms with Gasteiger partial charge in [0.1, 0.15) is 0 Å². The molecule has 0 amide bonds. The van der Waals surface area contributed by atoms with E-state index in [9.17, 15) is 0 Å². The number of amidine groups is 1. The fraction of sp³-hybridized carbons (Fsp3) is 0.364. The molecule has 1 N–H and O–H groups in total. The van der Waals surface area contributed by atoms with Crippen LogP contribution >= 0.6 is 24.2 Å². The zero-order valence-corrected chi connectivity index (χ0v) is 10.5. The zero-order chi connectivity index (χ0) is 10.0. The number of nitrogens with zero attached hydrogens (tertiary/aromatic N) is 1. The van der Waals surface area contributed by atoms with Gasteiger partial charge in [-0.25, -0.2) is 0 Å². The van der Waals surface area contributed by atoms with Crippen LogP contribution < -0.4 is 5.32 Å². The highest BCUT2D eigenvalue weighted by Gasteiger charge is 2.25. The molecule has 0 bridgehead atoms. The van der Waals surface area contributed by atoms with Gasteiger partial charge in [-0.2, -0.15) is 0 Å². The molecule has 0 saturated carbocycles. The summed E-state index contributed by atoms with van der Waals surface area (Å²) in [5.41, 5.74) is 1.19. The van der Waals surface area contributed by atoms with Gasteiger partial charge in [0.2, 0.25) is 0 Å². The molecule has 82 valence electrons. The van der Waals surface area contributed by atoms with Crippen LogP contribution in [0.4, 0.5) is 5.69 Å². The van der Waals surface area contributed by atoms with Crippen LogP contribution in [-0.4, -0.2) is 16.5 Å². The van der Waals surface area contributed by atoms with Gasteiger partial charge < -0.3 is 5.32 Å². The number of halogens is 1. The summed E-state index contributed by atoms with van der Waals surface area (Å²) in [4.78, 5) is 4.58. The summed E-state index contributed by atoms with van der Waals surface area (Å²) in [6, 6.07) is 10.2. The van der Waals surface area contributed by atoms with Crippen LogP contribution in [0.15, 0.2) is 35.3 Å². The van der Waals surface area contributed by atoms with E-state index < -0.39 is 0 Å². The first-order chi connectivity index (χ1) is 6.66. The number of aliphatic imine (C=N–C) groups is 1. The van der Waals surface area contributed by atoms with E-state index in [1.807, 2.05) is 18.2 Å². The van der Waals surface area contributed by atoms with E-state index in [0.717, 1.165) is 16.6 Å². The number of para-hydroxylation sites is 1. The van der Waals surface area contributed by atoms with Gasteiger partial charge in [0.15, 0.2) is 5.17 Å². The molecule has 1 heterocycles. The van der Waals surface area contributed by atoms with E-state index in [4.69, 9.17) is 0 Å². The first-order valence-electron chi connectivity index (χ1n) is 4.70. The summed E-state index contributed by atoms with van der Waals surface area (Å²) >= 11 is 1.78. The van der Waals surface area contributed by atoms with Gasteiger partial charge in [0, 0.05) is 11.4 Å². The smallest absolute Gasteiger partial charge is 0.161 e. The van der Waals surface area contributed by atoms with Gasteiger partial charge in [0.05, 0.1) is 5.54 Å². The monoisotopic (exact) mass is 242 g/mol. The lowest BCUT2D eigenvalue weighted by molar-refractivity contribution is 0.605. The summed E-state index contributed by atoms with van der Waals surface area (Å²) in [6.07, 6.45) is 0. The molecule has 1 aromatic rings. The summed E-state index contributed by atoms with van der Waals surface area (Å²) in [7, 11) is 0. The number of benzene rings is 1. The minimum Gasteiger partial charge on any atom is -0.335 e. The van der Waals surface area contributed by atoms with Crippen molar-refractivity contribution in [2.45, 2.75) is 19.4 Å². The first-order valence-corrected chi connectivity index (χ1v) is 5.69. The van der Waals surface area contributed by atoms with Crippen LogP contribution in [0.3, 0.4) is 0 Å². The zero-order valence-electron chi connectivity index (χ0n) is 8.86. The highest BCUT2D eigenvalue weighted by atomic mass is 35.5. The number of nitrogens with one attached hydrogen (secondary N) is 1. The van der Waals surface area contributed by atoms with Crippen molar-refractivity contribution in [3.8, 4) is 0 Å². The van der Waals surface area contributed by atoms with Gasteiger partial charge in [-0.1, -0.05) is 30.0 Å². The number of hydrogen-bond acceptors (Lipinski definition) is 3. The Morgan fingerprint density at radius 2 is 1.93 bits per heavy atom. The number of anilines is 1. The molecule has 0 saturated heterocycles. The average molecular weight is 243 g/mol. The molecule has 0 aliphatic carbocycles. The van der Waals surface area contributed by atoms with E-state index in [1.165, 1.54) is 0 Å². The van der Waals surface area contributed by atoms with Crippen LogP contribution in [-0.2, 0) is 0 Å². The summed E-state index contributed by atoms with van der Waals surface area (Å²) in [5, 5.41) is 4.34. The van der Waals surface area contributed by atoms with Crippen molar-refractivity contribution >= 4 is 35.0 Å². The molecule has 15 heavy (non-hydrogen) atoms. The topological polar surface area (TPSA) is 24.4 Å². The summed E-state index contributed by atoms with van der Waals surface area (Å²) in [5.74, 6) is 1.06. The molecule has 1 aliphatic heterocycles. The van der Waals surface area contributed by atoms with Gasteiger partial charge >= 0.3 is 0 Å². The predicted molar refractivity (Wildman–Crippen MR) is 71.3 cm³/mol. The van der Waals surface area contributed by atoms with Crippen LogP contribution in [0.5, 0.6) is 0 Å². The van der Waals surface area contributed by atoms with E-state index in [1.54, 1.807) is 11.8 Å². The van der Waals surface area contributed by atoms with Gasteiger partial charge in [-0.3, -0.25) is 4.99 Å². The summed E-state index contributed by atoms with van der Waals surface area (Å²) < 4.78 is 0.